The lowest BCUT2D eigenvalue weighted by Crippen LogP contribution is -2.28. The van der Waals surface area contributed by atoms with Crippen LogP contribution in [0.4, 0.5) is 0 Å². The van der Waals surface area contributed by atoms with Crippen LogP contribution in [-0.4, -0.2) is 18.3 Å². The maximum atomic E-state index is 11.8. The van der Waals surface area contributed by atoms with Gasteiger partial charge in [0.2, 0.25) is 0 Å². The molecule has 0 spiro atoms. The molecular weight excluding hydrogens is 289 g/mol. The van der Waals surface area contributed by atoms with E-state index in [1.54, 1.807) is 0 Å². The Morgan fingerprint density at radius 3 is 2.81 bits per heavy atom. The summed E-state index contributed by atoms with van der Waals surface area (Å²) in [4.78, 5) is 11.8. The predicted octanol–water partition coefficient (Wildman–Crippen LogP) is 3.36. The Bertz CT molecular complexity index is 381. The van der Waals surface area contributed by atoms with E-state index < -0.39 is 0 Å². The molecule has 1 aromatic rings. The first-order chi connectivity index (χ1) is 7.54. The maximum absolute atomic E-state index is 11.8. The van der Waals surface area contributed by atoms with Crippen LogP contribution in [0.15, 0.2) is 22.7 Å². The second-order valence-electron chi connectivity index (χ2n) is 3.93. The number of hydrogen-bond donors (Lipinski definition) is 1. The molecule has 88 valence electrons. The number of halogens is 2. The molecule has 1 unspecified atom stereocenters. The van der Waals surface area contributed by atoms with Crippen LogP contribution in [0, 0.1) is 12.8 Å². The summed E-state index contributed by atoms with van der Waals surface area (Å²) >= 11 is 9.08. The molecule has 1 atom stereocenters. The maximum Gasteiger partial charge on any atom is 0.251 e. The number of rotatable bonds is 4. The van der Waals surface area contributed by atoms with Gasteiger partial charge < -0.3 is 5.32 Å². The lowest BCUT2D eigenvalue weighted by molar-refractivity contribution is 0.0949. The van der Waals surface area contributed by atoms with E-state index in [9.17, 15) is 4.79 Å². The van der Waals surface area contributed by atoms with Crippen molar-refractivity contribution in [3.8, 4) is 0 Å². The van der Waals surface area contributed by atoms with Crippen LogP contribution in [-0.2, 0) is 0 Å². The molecule has 0 saturated heterocycles. The summed E-state index contributed by atoms with van der Waals surface area (Å²) in [7, 11) is 0. The molecule has 0 aromatic heterocycles. The fraction of sp³-hybridized carbons (Fsp3) is 0.417. The topological polar surface area (TPSA) is 29.1 Å². The van der Waals surface area contributed by atoms with Crippen LogP contribution >= 0.6 is 27.5 Å². The highest BCUT2D eigenvalue weighted by Crippen LogP contribution is 2.17. The zero-order chi connectivity index (χ0) is 12.1. The van der Waals surface area contributed by atoms with E-state index in [0.717, 1.165) is 10.0 Å². The van der Waals surface area contributed by atoms with E-state index in [1.165, 1.54) is 0 Å². The van der Waals surface area contributed by atoms with Crippen LogP contribution in [0.2, 0.25) is 0 Å². The number of carbonyl (C=O) groups excluding carboxylic acids is 1. The van der Waals surface area contributed by atoms with Crippen molar-refractivity contribution >= 4 is 33.4 Å². The van der Waals surface area contributed by atoms with Crippen molar-refractivity contribution in [3.05, 3.63) is 33.8 Å². The molecule has 0 aliphatic carbocycles. The Morgan fingerprint density at radius 2 is 2.25 bits per heavy atom. The van der Waals surface area contributed by atoms with Gasteiger partial charge in [0.15, 0.2) is 0 Å². The van der Waals surface area contributed by atoms with Gasteiger partial charge in [-0.2, -0.15) is 0 Å². The van der Waals surface area contributed by atoms with E-state index in [4.69, 9.17) is 11.6 Å². The molecule has 0 fully saturated rings. The Balaban J connectivity index is 2.63. The summed E-state index contributed by atoms with van der Waals surface area (Å²) in [5, 5.41) is 2.85. The standard InChI is InChI=1S/C12H15BrClNO/c1-8(6-14)7-15-12(16)10-4-3-9(2)11(13)5-10/h3-5,8H,6-7H2,1-2H3,(H,15,16). The monoisotopic (exact) mass is 303 g/mol. The first-order valence-corrected chi connectivity index (χ1v) is 6.47. The molecule has 1 aromatic carbocycles. The van der Waals surface area contributed by atoms with Gasteiger partial charge in [-0.25, -0.2) is 0 Å². The summed E-state index contributed by atoms with van der Waals surface area (Å²) in [6, 6.07) is 5.57. The number of carbonyl (C=O) groups is 1. The van der Waals surface area contributed by atoms with Gasteiger partial charge in [-0.05, 0) is 30.5 Å². The number of alkyl halides is 1. The highest BCUT2D eigenvalue weighted by molar-refractivity contribution is 9.10. The summed E-state index contributed by atoms with van der Waals surface area (Å²) in [6.45, 7) is 4.59. The van der Waals surface area contributed by atoms with Gasteiger partial charge in [0.05, 0.1) is 0 Å². The van der Waals surface area contributed by atoms with Gasteiger partial charge in [-0.1, -0.05) is 28.9 Å². The largest absolute Gasteiger partial charge is 0.352 e. The second-order valence-corrected chi connectivity index (χ2v) is 5.10. The van der Waals surface area contributed by atoms with E-state index in [1.807, 2.05) is 32.0 Å². The average Bonchev–Trinajstić information content (AvgIpc) is 2.29. The predicted molar refractivity (Wildman–Crippen MR) is 71.1 cm³/mol. The molecule has 1 amide bonds. The zero-order valence-electron chi connectivity index (χ0n) is 9.39. The third kappa shape index (κ3) is 3.80. The molecule has 1 N–H and O–H groups in total. The molecule has 16 heavy (non-hydrogen) atoms. The summed E-state index contributed by atoms with van der Waals surface area (Å²) in [5.41, 5.74) is 1.78. The SMILES string of the molecule is Cc1ccc(C(=O)NCC(C)CCl)cc1Br. The quantitative estimate of drug-likeness (QED) is 0.849. The second kappa shape index (κ2) is 6.26. The minimum absolute atomic E-state index is 0.0577. The molecule has 0 radical (unpaired) electrons. The Hall–Kier alpha value is -0.540. The van der Waals surface area contributed by atoms with E-state index in [0.29, 0.717) is 23.9 Å². The minimum Gasteiger partial charge on any atom is -0.352 e. The third-order valence-corrected chi connectivity index (χ3v) is 3.69. The van der Waals surface area contributed by atoms with Crippen molar-refractivity contribution in [3.63, 3.8) is 0 Å². The molecule has 0 aliphatic rings. The van der Waals surface area contributed by atoms with Crippen LogP contribution < -0.4 is 5.32 Å². The van der Waals surface area contributed by atoms with Gasteiger partial charge in [0.25, 0.3) is 5.91 Å². The summed E-state index contributed by atoms with van der Waals surface area (Å²) in [6.07, 6.45) is 0. The van der Waals surface area contributed by atoms with Crippen molar-refractivity contribution in [1.29, 1.82) is 0 Å². The normalized spacial score (nSPS) is 12.2. The number of nitrogens with one attached hydrogen (secondary N) is 1. The van der Waals surface area contributed by atoms with Crippen LogP contribution in [0.3, 0.4) is 0 Å². The fourth-order valence-corrected chi connectivity index (χ4v) is 1.65. The van der Waals surface area contributed by atoms with Crippen molar-refractivity contribution in [2.75, 3.05) is 12.4 Å². The van der Waals surface area contributed by atoms with Gasteiger partial charge in [-0.15, -0.1) is 11.6 Å². The molecule has 0 saturated carbocycles. The van der Waals surface area contributed by atoms with Gasteiger partial charge in [0, 0.05) is 22.5 Å². The number of aryl methyl sites for hydroxylation is 1. The highest BCUT2D eigenvalue weighted by Gasteiger charge is 2.08. The van der Waals surface area contributed by atoms with Crippen molar-refractivity contribution in [1.82, 2.24) is 5.32 Å². The minimum atomic E-state index is -0.0577. The van der Waals surface area contributed by atoms with Gasteiger partial charge >= 0.3 is 0 Å². The van der Waals surface area contributed by atoms with Gasteiger partial charge in [-0.3, -0.25) is 4.79 Å². The summed E-state index contributed by atoms with van der Waals surface area (Å²) < 4.78 is 0.950. The lowest BCUT2D eigenvalue weighted by atomic mass is 10.1. The van der Waals surface area contributed by atoms with Crippen LogP contribution in [0.1, 0.15) is 22.8 Å². The molecule has 0 bridgehead atoms. The van der Waals surface area contributed by atoms with Crippen LogP contribution in [0.25, 0.3) is 0 Å². The fourth-order valence-electron chi connectivity index (χ4n) is 1.16. The molecule has 4 heteroatoms. The zero-order valence-corrected chi connectivity index (χ0v) is 11.7. The molecular formula is C12H15BrClNO. The molecule has 0 heterocycles. The van der Waals surface area contributed by atoms with E-state index in [2.05, 4.69) is 21.2 Å². The number of hydrogen-bond acceptors (Lipinski definition) is 1. The molecule has 1 rings (SSSR count). The first-order valence-electron chi connectivity index (χ1n) is 5.15. The first kappa shape index (κ1) is 13.5. The molecule has 0 aliphatic heterocycles. The van der Waals surface area contributed by atoms with E-state index >= 15 is 0 Å². The lowest BCUT2D eigenvalue weighted by Gasteiger charge is -2.10. The smallest absolute Gasteiger partial charge is 0.251 e. The van der Waals surface area contributed by atoms with Crippen molar-refractivity contribution < 1.29 is 4.79 Å². The molecule has 2 nitrogen and oxygen atoms in total. The van der Waals surface area contributed by atoms with Crippen LogP contribution in [0.5, 0.6) is 0 Å². The Kier molecular flexibility index (Phi) is 5.29. The number of benzene rings is 1. The Morgan fingerprint density at radius 1 is 1.56 bits per heavy atom. The van der Waals surface area contributed by atoms with E-state index in [-0.39, 0.29) is 5.91 Å². The number of amides is 1. The van der Waals surface area contributed by atoms with Crippen molar-refractivity contribution in [2.24, 2.45) is 5.92 Å². The Labute approximate surface area is 110 Å². The van der Waals surface area contributed by atoms with Gasteiger partial charge in [0.1, 0.15) is 0 Å². The van der Waals surface area contributed by atoms with Crippen molar-refractivity contribution in [2.45, 2.75) is 13.8 Å². The third-order valence-electron chi connectivity index (χ3n) is 2.31. The highest BCUT2D eigenvalue weighted by atomic mass is 79.9. The summed E-state index contributed by atoms with van der Waals surface area (Å²) in [5.74, 6) is 0.787. The average molecular weight is 305 g/mol.